The first-order chi connectivity index (χ1) is 14.1. The number of aromatic nitrogens is 3. The molecule has 0 fully saturated rings. The van der Waals surface area contributed by atoms with Gasteiger partial charge in [0.05, 0.1) is 39.0 Å². The number of methoxy groups -OCH3 is 2. The Balaban J connectivity index is 1.59. The number of hydrogen-bond acceptors (Lipinski definition) is 8. The molecule has 0 unspecified atom stereocenters. The number of nitrogens with two attached hydrogens (primary N) is 1. The lowest BCUT2D eigenvalue weighted by Gasteiger charge is -2.08. The molecule has 0 saturated heterocycles. The van der Waals surface area contributed by atoms with Crippen LogP contribution >= 0.6 is 11.8 Å². The van der Waals surface area contributed by atoms with Gasteiger partial charge in [0.15, 0.2) is 0 Å². The number of hydrogen-bond donors (Lipinski definition) is 2. The molecule has 3 rings (SSSR count). The molecule has 3 N–H and O–H groups in total. The molecule has 8 nitrogen and oxygen atoms in total. The summed E-state index contributed by atoms with van der Waals surface area (Å²) in [6.45, 7) is 2.67. The number of H-pyrrole nitrogens is 1. The molecule has 154 valence electrons. The third-order valence-corrected chi connectivity index (χ3v) is 5.25. The second-order valence-electron chi connectivity index (χ2n) is 6.34. The Morgan fingerprint density at radius 2 is 1.97 bits per heavy atom. The van der Waals surface area contributed by atoms with Crippen LogP contribution in [0, 0.1) is 6.92 Å². The van der Waals surface area contributed by atoms with E-state index in [2.05, 4.69) is 19.9 Å². The predicted octanol–water partition coefficient (Wildman–Crippen LogP) is 2.73. The zero-order chi connectivity index (χ0) is 20.6. The molecule has 3 aromatic heterocycles. The minimum absolute atomic E-state index is 0.490. The summed E-state index contributed by atoms with van der Waals surface area (Å²) >= 11 is 1.78. The summed E-state index contributed by atoms with van der Waals surface area (Å²) in [5, 5.41) is 0. The van der Waals surface area contributed by atoms with E-state index in [9.17, 15) is 0 Å². The van der Waals surface area contributed by atoms with E-state index in [1.165, 1.54) is 0 Å². The van der Waals surface area contributed by atoms with E-state index in [1.807, 2.05) is 19.1 Å². The summed E-state index contributed by atoms with van der Waals surface area (Å²) in [7, 11) is 3.14. The standard InChI is InChI=1S/C20H25N5O3S/c1-13-17(24-12-23-13)11-29-5-4-22-18-9-16(21)15(10-28-18)6-14-7-19(26-2)25-20(8-14)27-3/h7-10,12H,4-6,11,21H2,1-3H3,(H,23,24). The normalized spacial score (nSPS) is 11.6. The average molecular weight is 416 g/mol. The molecular formula is C20H25N5O3S. The minimum atomic E-state index is 0.490. The molecule has 0 aliphatic heterocycles. The molecule has 0 aliphatic carbocycles. The van der Waals surface area contributed by atoms with Crippen LogP contribution in [0.5, 0.6) is 11.8 Å². The Hall–Kier alpha value is -2.94. The van der Waals surface area contributed by atoms with Crippen LogP contribution < -0.4 is 20.8 Å². The largest absolute Gasteiger partial charge is 0.481 e. The summed E-state index contributed by atoms with van der Waals surface area (Å²) in [5.41, 5.74) is 11.4. The molecule has 3 aromatic rings. The highest BCUT2D eigenvalue weighted by atomic mass is 32.2. The van der Waals surface area contributed by atoms with Crippen molar-refractivity contribution in [2.75, 3.05) is 32.3 Å². The number of ether oxygens (including phenoxy) is 2. The third kappa shape index (κ3) is 5.77. The molecule has 0 atom stereocenters. The molecule has 0 aromatic carbocycles. The van der Waals surface area contributed by atoms with Crippen molar-refractivity contribution in [1.29, 1.82) is 0 Å². The van der Waals surface area contributed by atoms with Gasteiger partial charge in [0, 0.05) is 53.1 Å². The van der Waals surface area contributed by atoms with E-state index < -0.39 is 0 Å². The molecular weight excluding hydrogens is 390 g/mol. The van der Waals surface area contributed by atoms with E-state index in [1.54, 1.807) is 44.6 Å². The van der Waals surface area contributed by atoms with Crippen LogP contribution in [0.25, 0.3) is 0 Å². The van der Waals surface area contributed by atoms with Gasteiger partial charge in [-0.2, -0.15) is 16.7 Å². The highest BCUT2D eigenvalue weighted by Crippen LogP contribution is 2.21. The Kier molecular flexibility index (Phi) is 7.18. The molecule has 0 bridgehead atoms. The maximum absolute atomic E-state index is 6.21. The third-order valence-electron chi connectivity index (χ3n) is 4.30. The van der Waals surface area contributed by atoms with Crippen molar-refractivity contribution in [2.45, 2.75) is 19.1 Å². The van der Waals surface area contributed by atoms with E-state index in [4.69, 9.17) is 19.6 Å². The summed E-state index contributed by atoms with van der Waals surface area (Å²) in [6, 6.07) is 5.45. The van der Waals surface area contributed by atoms with Crippen LogP contribution in [-0.2, 0) is 12.2 Å². The number of imidazole rings is 1. The minimum Gasteiger partial charge on any atom is -0.481 e. The number of nitrogen functional groups attached to an aromatic ring is 1. The second kappa shape index (κ2) is 10.0. The molecule has 0 saturated carbocycles. The van der Waals surface area contributed by atoms with Crippen molar-refractivity contribution in [2.24, 2.45) is 4.99 Å². The lowest BCUT2D eigenvalue weighted by molar-refractivity contribution is 0.364. The first kappa shape index (κ1) is 20.8. The van der Waals surface area contributed by atoms with Gasteiger partial charge in [0.2, 0.25) is 17.3 Å². The van der Waals surface area contributed by atoms with Gasteiger partial charge in [-0.15, -0.1) is 0 Å². The molecule has 29 heavy (non-hydrogen) atoms. The maximum atomic E-state index is 6.21. The lowest BCUT2D eigenvalue weighted by atomic mass is 10.1. The molecule has 0 spiro atoms. The van der Waals surface area contributed by atoms with Gasteiger partial charge in [0.25, 0.3) is 0 Å². The van der Waals surface area contributed by atoms with Crippen LogP contribution in [0.2, 0.25) is 0 Å². The monoisotopic (exact) mass is 415 g/mol. The number of anilines is 1. The van der Waals surface area contributed by atoms with Gasteiger partial charge >= 0.3 is 0 Å². The molecule has 3 heterocycles. The SMILES string of the molecule is COc1cc(Cc2coc(=NCCSCc3nc[nH]c3C)cc2N)cc(OC)n1. The van der Waals surface area contributed by atoms with Crippen molar-refractivity contribution >= 4 is 17.4 Å². The fraction of sp³-hybridized carbons (Fsp3) is 0.350. The van der Waals surface area contributed by atoms with Crippen molar-refractivity contribution < 1.29 is 13.9 Å². The van der Waals surface area contributed by atoms with E-state index in [0.717, 1.165) is 34.0 Å². The van der Waals surface area contributed by atoms with Crippen molar-refractivity contribution in [3.63, 3.8) is 0 Å². The molecule has 0 amide bonds. The first-order valence-electron chi connectivity index (χ1n) is 9.12. The Bertz CT molecular complexity index is 993. The number of nitrogens with zero attached hydrogens (tertiary/aromatic N) is 3. The zero-order valence-corrected chi connectivity index (χ0v) is 17.6. The lowest BCUT2D eigenvalue weighted by Crippen LogP contribution is -2.07. The number of aryl methyl sites for hydroxylation is 1. The number of pyridine rings is 1. The Morgan fingerprint density at radius 1 is 1.21 bits per heavy atom. The quantitative estimate of drug-likeness (QED) is 0.517. The van der Waals surface area contributed by atoms with Gasteiger partial charge in [0.1, 0.15) is 0 Å². The Labute approximate surface area is 173 Å². The zero-order valence-electron chi connectivity index (χ0n) is 16.8. The van der Waals surface area contributed by atoms with Gasteiger partial charge < -0.3 is 24.6 Å². The van der Waals surface area contributed by atoms with Crippen LogP contribution in [-0.4, -0.2) is 41.5 Å². The van der Waals surface area contributed by atoms with Gasteiger partial charge in [-0.05, 0) is 12.5 Å². The summed E-state index contributed by atoms with van der Waals surface area (Å²) in [6.07, 6.45) is 3.94. The van der Waals surface area contributed by atoms with E-state index in [-0.39, 0.29) is 0 Å². The van der Waals surface area contributed by atoms with Gasteiger partial charge in [-0.1, -0.05) is 0 Å². The number of thioether (sulfide) groups is 1. The fourth-order valence-electron chi connectivity index (χ4n) is 2.67. The molecule has 0 radical (unpaired) electrons. The number of aromatic amines is 1. The summed E-state index contributed by atoms with van der Waals surface area (Å²) in [5.74, 6) is 2.72. The van der Waals surface area contributed by atoms with E-state index in [0.29, 0.717) is 36.0 Å². The molecule has 9 heteroatoms. The maximum Gasteiger partial charge on any atom is 0.216 e. The highest BCUT2D eigenvalue weighted by Gasteiger charge is 2.08. The van der Waals surface area contributed by atoms with Gasteiger partial charge in [-0.3, -0.25) is 4.99 Å². The van der Waals surface area contributed by atoms with Crippen molar-refractivity contribution in [1.82, 2.24) is 15.0 Å². The second-order valence-corrected chi connectivity index (χ2v) is 7.45. The van der Waals surface area contributed by atoms with Crippen molar-refractivity contribution in [3.8, 4) is 11.8 Å². The summed E-state index contributed by atoms with van der Waals surface area (Å²) < 4.78 is 16.1. The number of nitrogens with one attached hydrogen (secondary N) is 1. The first-order valence-corrected chi connectivity index (χ1v) is 10.3. The fourth-order valence-corrected chi connectivity index (χ4v) is 3.52. The topological polar surface area (TPSA) is 112 Å². The van der Waals surface area contributed by atoms with E-state index >= 15 is 0 Å². The molecule has 0 aliphatic rings. The van der Waals surface area contributed by atoms with Crippen LogP contribution in [0.15, 0.2) is 40.2 Å². The highest BCUT2D eigenvalue weighted by molar-refractivity contribution is 7.98. The Morgan fingerprint density at radius 3 is 2.59 bits per heavy atom. The van der Waals surface area contributed by atoms with Gasteiger partial charge in [-0.25, -0.2) is 4.98 Å². The average Bonchev–Trinajstić information content (AvgIpc) is 3.14. The predicted molar refractivity (Wildman–Crippen MR) is 113 cm³/mol. The van der Waals surface area contributed by atoms with Crippen LogP contribution in [0.4, 0.5) is 5.69 Å². The van der Waals surface area contributed by atoms with Crippen LogP contribution in [0.3, 0.4) is 0 Å². The smallest absolute Gasteiger partial charge is 0.216 e. The number of rotatable bonds is 9. The summed E-state index contributed by atoms with van der Waals surface area (Å²) in [4.78, 5) is 16.0. The van der Waals surface area contributed by atoms with Crippen molar-refractivity contribution in [3.05, 3.63) is 58.9 Å². The van der Waals surface area contributed by atoms with Crippen LogP contribution in [0.1, 0.15) is 22.5 Å².